The Hall–Kier alpha value is -1.65. The van der Waals surface area contributed by atoms with Crippen LogP contribution in [0.4, 0.5) is 0 Å². The second-order valence-corrected chi connectivity index (χ2v) is 5.24. The van der Waals surface area contributed by atoms with Crippen molar-refractivity contribution in [1.29, 1.82) is 0 Å². The van der Waals surface area contributed by atoms with Crippen molar-refractivity contribution in [1.82, 2.24) is 10.2 Å². The quantitative estimate of drug-likeness (QED) is 0.827. The molecule has 0 unspecified atom stereocenters. The minimum absolute atomic E-state index is 0.0449. The lowest BCUT2D eigenvalue weighted by molar-refractivity contribution is -0.116. The van der Waals surface area contributed by atoms with Crippen molar-refractivity contribution < 1.29 is 9.53 Å². The molecule has 1 N–H and O–H groups in total. The van der Waals surface area contributed by atoms with Gasteiger partial charge < -0.3 is 15.0 Å². The van der Waals surface area contributed by atoms with Gasteiger partial charge in [0.05, 0.1) is 13.2 Å². The number of nitrogens with zero attached hydrogens (tertiary/aromatic N) is 1. The monoisotopic (exact) mass is 274 g/mol. The molecular weight excluding hydrogens is 252 g/mol. The Morgan fingerprint density at radius 3 is 3.10 bits per heavy atom. The molecule has 0 spiro atoms. The molecule has 1 aromatic carbocycles. The minimum atomic E-state index is -0.0449. The lowest BCUT2D eigenvalue weighted by Crippen LogP contribution is -2.23. The summed E-state index contributed by atoms with van der Waals surface area (Å²) in [6.07, 6.45) is 4.39. The Bertz CT molecular complexity index is 495. The average molecular weight is 274 g/mol. The molecule has 1 heterocycles. The van der Waals surface area contributed by atoms with Crippen LogP contribution in [0, 0.1) is 0 Å². The first kappa shape index (κ1) is 14.8. The van der Waals surface area contributed by atoms with Gasteiger partial charge in [-0.3, -0.25) is 4.79 Å². The van der Waals surface area contributed by atoms with Crippen molar-refractivity contribution in [3.05, 3.63) is 47.0 Å². The first-order chi connectivity index (χ1) is 9.66. The van der Waals surface area contributed by atoms with E-state index >= 15 is 0 Å². The molecule has 1 aliphatic heterocycles. The molecule has 0 fully saturated rings. The van der Waals surface area contributed by atoms with E-state index in [1.54, 1.807) is 6.08 Å². The van der Waals surface area contributed by atoms with E-state index < -0.39 is 0 Å². The molecule has 108 valence electrons. The summed E-state index contributed by atoms with van der Waals surface area (Å²) in [4.78, 5) is 13.7. The highest BCUT2D eigenvalue weighted by Gasteiger charge is 2.12. The summed E-state index contributed by atoms with van der Waals surface area (Å²) in [5, 5.41) is 2.94. The molecule has 4 nitrogen and oxygen atoms in total. The van der Waals surface area contributed by atoms with Crippen molar-refractivity contribution in [3.63, 3.8) is 0 Å². The summed E-state index contributed by atoms with van der Waals surface area (Å²) in [5.74, 6) is -0.0449. The molecule has 0 aromatic heterocycles. The molecule has 0 bridgehead atoms. The molecule has 20 heavy (non-hydrogen) atoms. The van der Waals surface area contributed by atoms with E-state index in [9.17, 15) is 4.79 Å². The van der Waals surface area contributed by atoms with Gasteiger partial charge in [0, 0.05) is 19.2 Å². The van der Waals surface area contributed by atoms with Crippen LogP contribution in [0.5, 0.6) is 0 Å². The average Bonchev–Trinajstić information content (AvgIpc) is 2.44. The number of likely N-dealkylation sites (N-methyl/N-ethyl adjacent to an activating group) is 1. The normalized spacial score (nSPS) is 14.6. The van der Waals surface area contributed by atoms with E-state index in [4.69, 9.17) is 4.74 Å². The first-order valence-electron chi connectivity index (χ1n) is 6.93. The Morgan fingerprint density at radius 2 is 2.30 bits per heavy atom. The highest BCUT2D eigenvalue weighted by atomic mass is 16.5. The smallest absolute Gasteiger partial charge is 0.243 e. The third-order valence-electron chi connectivity index (χ3n) is 3.32. The second-order valence-electron chi connectivity index (χ2n) is 5.24. The van der Waals surface area contributed by atoms with Crippen LogP contribution >= 0.6 is 0 Å². The van der Waals surface area contributed by atoms with E-state index in [1.807, 2.05) is 31.1 Å². The standard InChI is InChI=1S/C16H22N2O2/c1-18(2)9-4-7-16(19)17-11-13-5-3-6-14-12-20-10-8-15(13)14/h3-7H,8-12H2,1-2H3,(H,17,19)/b7-4+. The van der Waals surface area contributed by atoms with Crippen LogP contribution < -0.4 is 5.32 Å². The van der Waals surface area contributed by atoms with Crippen LogP contribution in [0.2, 0.25) is 0 Å². The molecule has 0 atom stereocenters. The molecule has 2 rings (SSSR count). The van der Waals surface area contributed by atoms with Gasteiger partial charge in [0.25, 0.3) is 0 Å². The summed E-state index contributed by atoms with van der Waals surface area (Å²) in [7, 11) is 3.95. The zero-order valence-electron chi connectivity index (χ0n) is 12.2. The van der Waals surface area contributed by atoms with Crippen LogP contribution in [-0.2, 0) is 29.1 Å². The Morgan fingerprint density at radius 1 is 1.45 bits per heavy atom. The van der Waals surface area contributed by atoms with Crippen LogP contribution in [0.3, 0.4) is 0 Å². The maximum Gasteiger partial charge on any atom is 0.243 e. The molecule has 1 aromatic rings. The molecule has 1 aliphatic rings. The van der Waals surface area contributed by atoms with Crippen molar-refractivity contribution in [2.45, 2.75) is 19.6 Å². The van der Waals surface area contributed by atoms with E-state index in [0.717, 1.165) is 19.6 Å². The zero-order chi connectivity index (χ0) is 14.4. The molecule has 0 radical (unpaired) electrons. The van der Waals surface area contributed by atoms with Gasteiger partial charge in [-0.25, -0.2) is 0 Å². The van der Waals surface area contributed by atoms with Crippen LogP contribution in [0.1, 0.15) is 16.7 Å². The number of amides is 1. The number of benzene rings is 1. The van der Waals surface area contributed by atoms with Crippen molar-refractivity contribution >= 4 is 5.91 Å². The molecule has 0 saturated heterocycles. The molecule has 0 saturated carbocycles. The topological polar surface area (TPSA) is 41.6 Å². The lowest BCUT2D eigenvalue weighted by Gasteiger charge is -2.19. The summed E-state index contributed by atoms with van der Waals surface area (Å²) in [6, 6.07) is 6.20. The van der Waals surface area contributed by atoms with Gasteiger partial charge in [0.1, 0.15) is 0 Å². The van der Waals surface area contributed by atoms with Crippen LogP contribution in [-0.4, -0.2) is 38.1 Å². The second kappa shape index (κ2) is 7.22. The van der Waals surface area contributed by atoms with Crippen LogP contribution in [0.25, 0.3) is 0 Å². The Labute approximate surface area is 120 Å². The van der Waals surface area contributed by atoms with Gasteiger partial charge in [0.2, 0.25) is 5.91 Å². The molecule has 1 amide bonds. The number of hydrogen-bond donors (Lipinski definition) is 1. The number of carbonyl (C=O) groups excluding carboxylic acids is 1. The number of rotatable bonds is 5. The van der Waals surface area contributed by atoms with Gasteiger partial charge in [-0.2, -0.15) is 0 Å². The zero-order valence-corrected chi connectivity index (χ0v) is 12.2. The third kappa shape index (κ3) is 4.18. The van der Waals surface area contributed by atoms with E-state index in [1.165, 1.54) is 16.7 Å². The Balaban J connectivity index is 1.91. The van der Waals surface area contributed by atoms with Gasteiger partial charge in [-0.1, -0.05) is 24.3 Å². The van der Waals surface area contributed by atoms with E-state index in [-0.39, 0.29) is 5.91 Å². The fourth-order valence-electron chi connectivity index (χ4n) is 2.28. The first-order valence-corrected chi connectivity index (χ1v) is 6.93. The Kier molecular flexibility index (Phi) is 5.32. The fraction of sp³-hybridized carbons (Fsp3) is 0.438. The summed E-state index contributed by atoms with van der Waals surface area (Å²) in [5.41, 5.74) is 3.77. The van der Waals surface area contributed by atoms with Gasteiger partial charge in [-0.05, 0) is 37.2 Å². The minimum Gasteiger partial charge on any atom is -0.376 e. The maximum atomic E-state index is 11.7. The number of nitrogens with one attached hydrogen (secondary N) is 1. The van der Waals surface area contributed by atoms with Gasteiger partial charge in [-0.15, -0.1) is 0 Å². The largest absolute Gasteiger partial charge is 0.376 e. The molecular formula is C16H22N2O2. The van der Waals surface area contributed by atoms with E-state index in [2.05, 4.69) is 17.4 Å². The number of ether oxygens (including phenoxy) is 1. The lowest BCUT2D eigenvalue weighted by atomic mass is 9.97. The maximum absolute atomic E-state index is 11.7. The molecule has 4 heteroatoms. The summed E-state index contributed by atoms with van der Waals surface area (Å²) < 4.78 is 5.45. The van der Waals surface area contributed by atoms with Gasteiger partial charge >= 0.3 is 0 Å². The highest BCUT2D eigenvalue weighted by Crippen LogP contribution is 2.20. The third-order valence-corrected chi connectivity index (χ3v) is 3.32. The molecule has 0 aliphatic carbocycles. The fourth-order valence-corrected chi connectivity index (χ4v) is 2.28. The number of carbonyl (C=O) groups is 1. The van der Waals surface area contributed by atoms with E-state index in [0.29, 0.717) is 13.2 Å². The summed E-state index contributed by atoms with van der Waals surface area (Å²) >= 11 is 0. The summed E-state index contributed by atoms with van der Waals surface area (Å²) in [6.45, 7) is 2.79. The predicted molar refractivity (Wildman–Crippen MR) is 79.3 cm³/mol. The predicted octanol–water partition coefficient (Wildman–Crippen LogP) is 1.49. The SMILES string of the molecule is CN(C)C/C=C/C(=O)NCc1cccc2c1CCOC2. The number of fused-ring (bicyclic) bond motifs is 1. The van der Waals surface area contributed by atoms with Crippen LogP contribution in [0.15, 0.2) is 30.4 Å². The van der Waals surface area contributed by atoms with Crippen molar-refractivity contribution in [3.8, 4) is 0 Å². The van der Waals surface area contributed by atoms with Crippen molar-refractivity contribution in [2.75, 3.05) is 27.2 Å². The van der Waals surface area contributed by atoms with Crippen molar-refractivity contribution in [2.24, 2.45) is 0 Å². The highest BCUT2D eigenvalue weighted by molar-refractivity contribution is 5.87. The number of hydrogen-bond acceptors (Lipinski definition) is 3. The van der Waals surface area contributed by atoms with Gasteiger partial charge in [0.15, 0.2) is 0 Å².